The molecule has 11 heteroatoms. The standard InChI is InChI=1S/C31H24BrF4N5S/c32-23-14-10-21(11-15-23)28-25(20-6-2-1-3-7-20)18-19-41(39-28)30(38-29(37)26-8-4-5-9-27(26)33)40-42-24-16-12-22(13-17-24)31(34,35)36/h1-17,25H,18-19H2,(H2,37,38,40). The van der Waals surface area contributed by atoms with Crippen molar-refractivity contribution in [1.29, 1.82) is 0 Å². The molecule has 0 aliphatic carbocycles. The van der Waals surface area contributed by atoms with Crippen molar-refractivity contribution in [3.63, 3.8) is 0 Å². The van der Waals surface area contributed by atoms with Crippen LogP contribution >= 0.6 is 27.9 Å². The Bertz CT molecular complexity index is 1620. The van der Waals surface area contributed by atoms with E-state index in [9.17, 15) is 17.6 Å². The summed E-state index contributed by atoms with van der Waals surface area (Å²) in [7, 11) is 0. The van der Waals surface area contributed by atoms with Crippen molar-refractivity contribution < 1.29 is 17.6 Å². The van der Waals surface area contributed by atoms with E-state index in [1.807, 2.05) is 42.5 Å². The third-order valence-corrected chi connectivity index (χ3v) is 7.81. The molecular weight excluding hydrogens is 630 g/mol. The van der Waals surface area contributed by atoms with Gasteiger partial charge in [0.25, 0.3) is 5.96 Å². The number of aliphatic imine (C=N–C) groups is 1. The molecule has 0 aromatic heterocycles. The molecule has 4 aromatic rings. The maximum absolute atomic E-state index is 14.5. The van der Waals surface area contributed by atoms with Gasteiger partial charge in [0.1, 0.15) is 11.7 Å². The van der Waals surface area contributed by atoms with E-state index < -0.39 is 17.6 Å². The number of guanidine groups is 1. The van der Waals surface area contributed by atoms with E-state index in [1.165, 1.54) is 24.3 Å². The fourth-order valence-corrected chi connectivity index (χ4v) is 5.28. The Labute approximate surface area is 253 Å². The highest BCUT2D eigenvalue weighted by Gasteiger charge is 2.30. The highest BCUT2D eigenvalue weighted by atomic mass is 79.9. The van der Waals surface area contributed by atoms with Crippen molar-refractivity contribution >= 4 is 45.4 Å². The predicted molar refractivity (Wildman–Crippen MR) is 163 cm³/mol. The van der Waals surface area contributed by atoms with E-state index >= 15 is 0 Å². The van der Waals surface area contributed by atoms with Crippen LogP contribution in [0.5, 0.6) is 0 Å². The maximum atomic E-state index is 14.5. The summed E-state index contributed by atoms with van der Waals surface area (Å²) in [6.45, 7) is 0.417. The van der Waals surface area contributed by atoms with Gasteiger partial charge in [-0.15, -0.1) is 0 Å². The lowest BCUT2D eigenvalue weighted by Crippen LogP contribution is -2.36. The maximum Gasteiger partial charge on any atom is 0.416 e. The lowest BCUT2D eigenvalue weighted by molar-refractivity contribution is -0.137. The molecule has 1 unspecified atom stereocenters. The topological polar surface area (TPSA) is 66.3 Å². The Balaban J connectivity index is 1.56. The van der Waals surface area contributed by atoms with Crippen LogP contribution in [0.15, 0.2) is 127 Å². The first-order chi connectivity index (χ1) is 20.2. The molecule has 4 aromatic carbocycles. The van der Waals surface area contributed by atoms with Crippen LogP contribution in [-0.4, -0.2) is 29.1 Å². The lowest BCUT2D eigenvalue weighted by Gasteiger charge is -2.30. The number of alkyl halides is 3. The Morgan fingerprint density at radius 3 is 2.24 bits per heavy atom. The van der Waals surface area contributed by atoms with Crippen molar-refractivity contribution in [3.05, 3.63) is 136 Å². The van der Waals surface area contributed by atoms with Crippen LogP contribution in [0, 0.1) is 5.82 Å². The van der Waals surface area contributed by atoms with E-state index in [0.717, 1.165) is 45.4 Å². The number of amidine groups is 1. The van der Waals surface area contributed by atoms with Crippen molar-refractivity contribution in [3.8, 4) is 0 Å². The smallest absolute Gasteiger partial charge is 0.383 e. The molecular formula is C31H24BrF4N5S. The van der Waals surface area contributed by atoms with Crippen LogP contribution in [-0.2, 0) is 6.18 Å². The molecule has 5 nitrogen and oxygen atoms in total. The SMILES string of the molecule is N/C(=N\C(=N\Sc1ccc(C(F)(F)F)cc1)N1CCC(c2ccccc2)C(c2ccc(Br)cc2)=N1)c1ccccc1F. The molecule has 0 saturated heterocycles. The normalized spacial score (nSPS) is 16.4. The van der Waals surface area contributed by atoms with Crippen molar-refractivity contribution in [2.24, 2.45) is 20.2 Å². The fraction of sp³-hybridized carbons (Fsp3) is 0.129. The van der Waals surface area contributed by atoms with Gasteiger partial charge in [-0.3, -0.25) is 0 Å². The van der Waals surface area contributed by atoms with Crippen LogP contribution in [0.2, 0.25) is 0 Å². The lowest BCUT2D eigenvalue weighted by atomic mass is 9.86. The Morgan fingerprint density at radius 2 is 1.57 bits per heavy atom. The summed E-state index contributed by atoms with van der Waals surface area (Å²) < 4.78 is 59.1. The minimum atomic E-state index is -4.45. The zero-order valence-electron chi connectivity index (χ0n) is 22.0. The van der Waals surface area contributed by atoms with Crippen LogP contribution < -0.4 is 5.73 Å². The van der Waals surface area contributed by atoms with Gasteiger partial charge < -0.3 is 5.73 Å². The van der Waals surface area contributed by atoms with Gasteiger partial charge in [0.2, 0.25) is 0 Å². The minimum absolute atomic E-state index is 0.0136. The number of nitrogens with two attached hydrogens (primary N) is 1. The van der Waals surface area contributed by atoms with Crippen LogP contribution in [0.1, 0.15) is 34.6 Å². The molecule has 0 fully saturated rings. The summed E-state index contributed by atoms with van der Waals surface area (Å²) in [4.78, 5) is 4.91. The summed E-state index contributed by atoms with van der Waals surface area (Å²) >= 11 is 4.41. The zero-order chi connectivity index (χ0) is 29.7. The van der Waals surface area contributed by atoms with E-state index in [0.29, 0.717) is 17.9 Å². The summed E-state index contributed by atoms with van der Waals surface area (Å²) in [5, 5.41) is 6.55. The molecule has 1 heterocycles. The van der Waals surface area contributed by atoms with Crippen LogP contribution in [0.3, 0.4) is 0 Å². The zero-order valence-corrected chi connectivity index (χ0v) is 24.4. The van der Waals surface area contributed by atoms with Crippen molar-refractivity contribution in [2.75, 3.05) is 6.54 Å². The fourth-order valence-electron chi connectivity index (χ4n) is 4.43. The van der Waals surface area contributed by atoms with Gasteiger partial charge in [0.05, 0.1) is 16.8 Å². The summed E-state index contributed by atoms with van der Waals surface area (Å²) in [5.41, 5.74) is 8.36. The van der Waals surface area contributed by atoms with Crippen molar-refractivity contribution in [2.45, 2.75) is 23.4 Å². The first kappa shape index (κ1) is 29.5. The third kappa shape index (κ3) is 7.08. The molecule has 0 bridgehead atoms. The number of benzene rings is 4. The second kappa shape index (κ2) is 12.9. The number of hydrogen-bond donors (Lipinski definition) is 1. The van der Waals surface area contributed by atoms with E-state index in [4.69, 9.17) is 10.8 Å². The summed E-state index contributed by atoms with van der Waals surface area (Å²) in [6.07, 6.45) is -3.78. The number of halogens is 5. The second-order valence-electron chi connectivity index (χ2n) is 9.35. The largest absolute Gasteiger partial charge is 0.416 e. The van der Waals surface area contributed by atoms with E-state index in [2.05, 4.69) is 37.5 Å². The molecule has 0 radical (unpaired) electrons. The number of nitrogens with zero attached hydrogens (tertiary/aromatic N) is 4. The quantitative estimate of drug-likeness (QED) is 0.102. The molecule has 0 amide bonds. The third-order valence-electron chi connectivity index (χ3n) is 6.55. The average molecular weight is 655 g/mol. The summed E-state index contributed by atoms with van der Waals surface area (Å²) in [6, 6.07) is 28.4. The second-order valence-corrected chi connectivity index (χ2v) is 11.1. The Hall–Kier alpha value is -3.96. The highest BCUT2D eigenvalue weighted by molar-refractivity contribution is 9.10. The first-order valence-electron chi connectivity index (χ1n) is 12.9. The number of rotatable bonds is 5. The highest BCUT2D eigenvalue weighted by Crippen LogP contribution is 2.33. The molecule has 0 spiro atoms. The first-order valence-corrected chi connectivity index (χ1v) is 14.4. The Kier molecular flexibility index (Phi) is 9.08. The van der Waals surface area contributed by atoms with Crippen molar-refractivity contribution in [1.82, 2.24) is 5.01 Å². The van der Waals surface area contributed by atoms with E-state index in [1.54, 1.807) is 17.1 Å². The van der Waals surface area contributed by atoms with Crippen LogP contribution in [0.25, 0.3) is 0 Å². The van der Waals surface area contributed by atoms with Crippen LogP contribution in [0.4, 0.5) is 17.6 Å². The van der Waals surface area contributed by atoms with E-state index in [-0.39, 0.29) is 23.3 Å². The number of hydrazone groups is 1. The molecule has 42 heavy (non-hydrogen) atoms. The average Bonchev–Trinajstić information content (AvgIpc) is 3.00. The Morgan fingerprint density at radius 1 is 0.905 bits per heavy atom. The molecule has 5 rings (SSSR count). The van der Waals surface area contributed by atoms with Gasteiger partial charge >= 0.3 is 6.18 Å². The molecule has 214 valence electrons. The summed E-state index contributed by atoms with van der Waals surface area (Å²) in [5.74, 6) is -0.581. The molecule has 1 aliphatic heterocycles. The molecule has 1 atom stereocenters. The molecule has 2 N–H and O–H groups in total. The van der Waals surface area contributed by atoms with Gasteiger partial charge in [0.15, 0.2) is 0 Å². The number of hydrogen-bond acceptors (Lipinski definition) is 3. The predicted octanol–water partition coefficient (Wildman–Crippen LogP) is 8.27. The monoisotopic (exact) mass is 653 g/mol. The van der Waals surface area contributed by atoms with Gasteiger partial charge in [-0.05, 0) is 66.1 Å². The van der Waals surface area contributed by atoms with Gasteiger partial charge in [-0.2, -0.15) is 27.7 Å². The van der Waals surface area contributed by atoms with Gasteiger partial charge in [-0.25, -0.2) is 9.40 Å². The molecule has 1 aliphatic rings. The minimum Gasteiger partial charge on any atom is -0.383 e. The molecule has 0 saturated carbocycles. The van der Waals surface area contributed by atoms with Gasteiger partial charge in [-0.1, -0.05) is 70.5 Å². The van der Waals surface area contributed by atoms with Gasteiger partial charge in [0, 0.05) is 33.8 Å².